The van der Waals surface area contributed by atoms with Crippen LogP contribution in [0.5, 0.6) is 0 Å². The summed E-state index contributed by atoms with van der Waals surface area (Å²) in [7, 11) is 0. The third-order valence-electron chi connectivity index (χ3n) is 4.51. The van der Waals surface area contributed by atoms with Crippen molar-refractivity contribution >= 4 is 5.69 Å². The lowest BCUT2D eigenvalue weighted by molar-refractivity contribution is 0.590. The molecule has 0 saturated carbocycles. The SMILES string of the molecule is Cc1cc(-c2c(N3CCCC3)cn[nH]c2=O)cc(C(C)(C)C)c1. The molecule has 1 fully saturated rings. The molecule has 4 heteroatoms. The number of aryl methyl sites for hydroxylation is 1. The van der Waals surface area contributed by atoms with Gasteiger partial charge in [0, 0.05) is 13.1 Å². The quantitative estimate of drug-likeness (QED) is 0.921. The fourth-order valence-electron chi connectivity index (χ4n) is 3.23. The summed E-state index contributed by atoms with van der Waals surface area (Å²) in [5.41, 5.74) is 5.05. The number of benzene rings is 1. The molecule has 0 atom stereocenters. The maximum absolute atomic E-state index is 12.5. The summed E-state index contributed by atoms with van der Waals surface area (Å²) >= 11 is 0. The smallest absolute Gasteiger partial charge is 0.274 e. The van der Waals surface area contributed by atoms with Crippen LogP contribution in [0, 0.1) is 6.92 Å². The van der Waals surface area contributed by atoms with Gasteiger partial charge in [-0.25, -0.2) is 5.10 Å². The van der Waals surface area contributed by atoms with E-state index in [0.29, 0.717) is 0 Å². The van der Waals surface area contributed by atoms with Crippen molar-refractivity contribution in [2.75, 3.05) is 18.0 Å². The minimum absolute atomic E-state index is 0.0500. The van der Waals surface area contributed by atoms with Crippen LogP contribution >= 0.6 is 0 Å². The second-order valence-corrected chi connectivity index (χ2v) is 7.49. The Labute approximate surface area is 137 Å². The van der Waals surface area contributed by atoms with Crippen LogP contribution < -0.4 is 10.5 Å². The molecule has 1 aliphatic rings. The van der Waals surface area contributed by atoms with Crippen molar-refractivity contribution in [2.24, 2.45) is 0 Å². The summed E-state index contributed by atoms with van der Waals surface area (Å²) < 4.78 is 0. The Morgan fingerprint density at radius 1 is 1.13 bits per heavy atom. The lowest BCUT2D eigenvalue weighted by atomic mass is 9.84. The van der Waals surface area contributed by atoms with Crippen LogP contribution in [-0.4, -0.2) is 23.3 Å². The molecule has 4 nitrogen and oxygen atoms in total. The van der Waals surface area contributed by atoms with Crippen molar-refractivity contribution in [3.8, 4) is 11.1 Å². The summed E-state index contributed by atoms with van der Waals surface area (Å²) in [6.45, 7) is 10.7. The monoisotopic (exact) mass is 311 g/mol. The number of aromatic nitrogens is 2. The highest BCUT2D eigenvalue weighted by Gasteiger charge is 2.21. The topological polar surface area (TPSA) is 49.0 Å². The average molecular weight is 311 g/mol. The van der Waals surface area contributed by atoms with Gasteiger partial charge >= 0.3 is 0 Å². The van der Waals surface area contributed by atoms with Crippen LogP contribution in [0.15, 0.2) is 29.2 Å². The van der Waals surface area contributed by atoms with Crippen LogP contribution in [0.4, 0.5) is 5.69 Å². The van der Waals surface area contributed by atoms with Crippen LogP contribution in [0.25, 0.3) is 11.1 Å². The van der Waals surface area contributed by atoms with E-state index in [9.17, 15) is 4.79 Å². The second kappa shape index (κ2) is 5.84. The van der Waals surface area contributed by atoms with Crippen LogP contribution in [0.2, 0.25) is 0 Å². The van der Waals surface area contributed by atoms with E-state index in [1.165, 1.54) is 24.0 Å². The van der Waals surface area contributed by atoms with Gasteiger partial charge < -0.3 is 4.90 Å². The molecule has 1 aromatic heterocycles. The molecule has 23 heavy (non-hydrogen) atoms. The molecule has 0 radical (unpaired) electrons. The first-order valence-corrected chi connectivity index (χ1v) is 8.31. The first-order valence-electron chi connectivity index (χ1n) is 8.31. The average Bonchev–Trinajstić information content (AvgIpc) is 2.99. The Balaban J connectivity index is 2.19. The maximum Gasteiger partial charge on any atom is 0.274 e. The molecule has 3 rings (SSSR count). The van der Waals surface area contributed by atoms with Gasteiger partial charge in [-0.3, -0.25) is 4.79 Å². The number of H-pyrrole nitrogens is 1. The molecule has 0 spiro atoms. The number of hydrogen-bond acceptors (Lipinski definition) is 3. The van der Waals surface area contributed by atoms with E-state index in [4.69, 9.17) is 0 Å². The van der Waals surface area contributed by atoms with Crippen LogP contribution in [0.3, 0.4) is 0 Å². The molecular formula is C19H25N3O. The number of nitrogens with one attached hydrogen (secondary N) is 1. The van der Waals surface area contributed by atoms with Crippen molar-refractivity contribution in [1.82, 2.24) is 10.2 Å². The van der Waals surface area contributed by atoms with E-state index in [1.807, 2.05) is 0 Å². The van der Waals surface area contributed by atoms with Gasteiger partial charge in [-0.15, -0.1) is 0 Å². The van der Waals surface area contributed by atoms with Crippen molar-refractivity contribution in [2.45, 2.75) is 46.0 Å². The minimum atomic E-state index is -0.111. The standard InChI is InChI=1S/C19H25N3O/c1-13-9-14(11-15(10-13)19(2,3)4)17-16(12-20-21-18(17)23)22-7-5-6-8-22/h9-12H,5-8H2,1-4H3,(H,21,23). The van der Waals surface area contributed by atoms with E-state index in [2.05, 4.69) is 61.0 Å². The van der Waals surface area contributed by atoms with E-state index in [-0.39, 0.29) is 11.0 Å². The zero-order valence-corrected chi connectivity index (χ0v) is 14.4. The third kappa shape index (κ3) is 3.16. The van der Waals surface area contributed by atoms with E-state index in [0.717, 1.165) is 29.9 Å². The summed E-state index contributed by atoms with van der Waals surface area (Å²) in [6.07, 6.45) is 4.14. The van der Waals surface area contributed by atoms with Crippen LogP contribution in [-0.2, 0) is 5.41 Å². The van der Waals surface area contributed by atoms with Gasteiger partial charge in [0.1, 0.15) is 0 Å². The predicted octanol–water partition coefficient (Wildman–Crippen LogP) is 3.64. The number of nitrogens with zero attached hydrogens (tertiary/aromatic N) is 2. The van der Waals surface area contributed by atoms with Crippen molar-refractivity contribution < 1.29 is 0 Å². The predicted molar refractivity (Wildman–Crippen MR) is 95.2 cm³/mol. The summed E-state index contributed by atoms with van der Waals surface area (Å²) in [5.74, 6) is 0. The molecule has 0 bridgehead atoms. The molecular weight excluding hydrogens is 286 g/mol. The van der Waals surface area contributed by atoms with Gasteiger partial charge in [-0.1, -0.05) is 44.5 Å². The Kier molecular flexibility index (Phi) is 4.00. The lowest BCUT2D eigenvalue weighted by Crippen LogP contribution is -2.23. The van der Waals surface area contributed by atoms with Crippen molar-refractivity contribution in [3.05, 3.63) is 45.9 Å². The second-order valence-electron chi connectivity index (χ2n) is 7.49. The summed E-state index contributed by atoms with van der Waals surface area (Å²) in [5, 5.41) is 6.64. The number of anilines is 1. The number of aromatic amines is 1. The van der Waals surface area contributed by atoms with Crippen LogP contribution in [0.1, 0.15) is 44.7 Å². The zero-order valence-electron chi connectivity index (χ0n) is 14.4. The first-order chi connectivity index (χ1) is 10.9. The van der Waals surface area contributed by atoms with Gasteiger partial charge in [0.05, 0.1) is 17.4 Å². The molecule has 2 heterocycles. The normalized spacial score (nSPS) is 15.2. The fraction of sp³-hybridized carbons (Fsp3) is 0.474. The molecule has 1 N–H and O–H groups in total. The highest BCUT2D eigenvalue weighted by Crippen LogP contribution is 2.33. The maximum atomic E-state index is 12.5. The number of hydrogen-bond donors (Lipinski definition) is 1. The molecule has 1 aliphatic heterocycles. The van der Waals surface area contributed by atoms with Crippen molar-refractivity contribution in [1.29, 1.82) is 0 Å². The molecule has 0 aliphatic carbocycles. The molecule has 1 saturated heterocycles. The Morgan fingerprint density at radius 3 is 2.48 bits per heavy atom. The van der Waals surface area contributed by atoms with Gasteiger partial charge in [0.2, 0.25) is 0 Å². The fourth-order valence-corrected chi connectivity index (χ4v) is 3.23. The van der Waals surface area contributed by atoms with E-state index in [1.54, 1.807) is 6.20 Å². The molecule has 1 aromatic carbocycles. The summed E-state index contributed by atoms with van der Waals surface area (Å²) in [4.78, 5) is 14.8. The van der Waals surface area contributed by atoms with Gasteiger partial charge in [-0.2, -0.15) is 5.10 Å². The zero-order chi connectivity index (χ0) is 16.6. The Morgan fingerprint density at radius 2 is 1.83 bits per heavy atom. The van der Waals surface area contributed by atoms with Gasteiger partial charge in [-0.05, 0) is 36.3 Å². The largest absolute Gasteiger partial charge is 0.370 e. The molecule has 0 amide bonds. The Hall–Kier alpha value is -2.10. The molecule has 122 valence electrons. The lowest BCUT2D eigenvalue weighted by Gasteiger charge is -2.23. The highest BCUT2D eigenvalue weighted by molar-refractivity contribution is 5.78. The van der Waals surface area contributed by atoms with Crippen molar-refractivity contribution in [3.63, 3.8) is 0 Å². The highest BCUT2D eigenvalue weighted by atomic mass is 16.1. The Bertz CT molecular complexity index is 765. The summed E-state index contributed by atoms with van der Waals surface area (Å²) in [6, 6.07) is 6.45. The van der Waals surface area contributed by atoms with E-state index < -0.39 is 0 Å². The van der Waals surface area contributed by atoms with Gasteiger partial charge in [0.25, 0.3) is 5.56 Å². The third-order valence-corrected chi connectivity index (χ3v) is 4.51. The van der Waals surface area contributed by atoms with E-state index >= 15 is 0 Å². The molecule has 2 aromatic rings. The van der Waals surface area contributed by atoms with Gasteiger partial charge in [0.15, 0.2) is 0 Å². The molecule has 0 unspecified atom stereocenters. The first kappa shape index (κ1) is 15.8. The minimum Gasteiger partial charge on any atom is -0.370 e. The number of rotatable bonds is 2.